The Morgan fingerprint density at radius 1 is 0.889 bits per heavy atom. The Morgan fingerprint density at radius 3 is 2.00 bits per heavy atom. The highest BCUT2D eigenvalue weighted by atomic mass is 15.1. The Bertz CT molecular complexity index is 334. The van der Waals surface area contributed by atoms with E-state index in [1.807, 2.05) is 0 Å². The summed E-state index contributed by atoms with van der Waals surface area (Å²) in [6.45, 7) is 6.48. The molecule has 1 aromatic rings. The summed E-state index contributed by atoms with van der Waals surface area (Å²) in [7, 11) is 0. The highest BCUT2D eigenvalue weighted by Crippen LogP contribution is 2.24. The van der Waals surface area contributed by atoms with Crippen LogP contribution in [0, 0.1) is 0 Å². The molecule has 0 spiro atoms. The summed E-state index contributed by atoms with van der Waals surface area (Å²) >= 11 is 0. The molecule has 0 bridgehead atoms. The van der Waals surface area contributed by atoms with Gasteiger partial charge in [0.1, 0.15) is 0 Å². The maximum atomic E-state index is 4.05. The quantitative estimate of drug-likeness (QED) is 0.703. The molecule has 1 aliphatic heterocycles. The van der Waals surface area contributed by atoms with Crippen molar-refractivity contribution in [1.82, 2.24) is 4.90 Å². The van der Waals surface area contributed by atoms with E-state index in [9.17, 15) is 0 Å². The summed E-state index contributed by atoms with van der Waals surface area (Å²) in [5.41, 5.74) is 1.38. The third kappa shape index (κ3) is 3.71. The van der Waals surface area contributed by atoms with E-state index in [1.165, 1.54) is 57.2 Å². The average molecular weight is 243 g/mol. The lowest BCUT2D eigenvalue weighted by Gasteiger charge is -2.29. The molecule has 1 unspecified atom stereocenters. The first-order chi connectivity index (χ1) is 8.92. The number of benzene rings is 1. The van der Waals surface area contributed by atoms with Crippen molar-refractivity contribution in [1.29, 1.82) is 0 Å². The van der Waals surface area contributed by atoms with Crippen molar-refractivity contribution in [2.24, 2.45) is 0 Å². The van der Waals surface area contributed by atoms with E-state index in [1.54, 1.807) is 0 Å². The number of nitrogens with zero attached hydrogens (tertiary/aromatic N) is 1. The Morgan fingerprint density at radius 2 is 1.44 bits per heavy atom. The van der Waals surface area contributed by atoms with Gasteiger partial charge in [0, 0.05) is 0 Å². The highest BCUT2D eigenvalue weighted by molar-refractivity contribution is 5.22. The van der Waals surface area contributed by atoms with Gasteiger partial charge < -0.3 is 0 Å². The molecule has 1 saturated heterocycles. The fourth-order valence-corrected chi connectivity index (χ4v) is 2.87. The highest BCUT2D eigenvalue weighted by Gasteiger charge is 2.17. The van der Waals surface area contributed by atoms with Crippen molar-refractivity contribution in [3.63, 3.8) is 0 Å². The molecule has 0 amide bonds. The smallest absolute Gasteiger partial charge is 0.0528 e. The minimum absolute atomic E-state index is 0.393. The van der Waals surface area contributed by atoms with Crippen LogP contribution in [0.15, 0.2) is 43.0 Å². The molecule has 2 rings (SSSR count). The van der Waals surface area contributed by atoms with Crippen LogP contribution in [0.25, 0.3) is 0 Å². The number of hydrogen-bond acceptors (Lipinski definition) is 1. The largest absolute Gasteiger partial charge is 0.293 e. The third-order valence-corrected chi connectivity index (χ3v) is 3.90. The van der Waals surface area contributed by atoms with Crippen molar-refractivity contribution in [2.75, 3.05) is 13.1 Å². The Labute approximate surface area is 112 Å². The molecule has 1 atom stereocenters. The summed E-state index contributed by atoms with van der Waals surface area (Å²) in [6, 6.07) is 11.2. The lowest BCUT2D eigenvalue weighted by Crippen LogP contribution is -2.29. The van der Waals surface area contributed by atoms with Crippen LogP contribution >= 0.6 is 0 Å². The van der Waals surface area contributed by atoms with Gasteiger partial charge in [0.25, 0.3) is 0 Å². The van der Waals surface area contributed by atoms with Crippen LogP contribution in [0.1, 0.15) is 50.1 Å². The zero-order valence-corrected chi connectivity index (χ0v) is 11.4. The van der Waals surface area contributed by atoms with Crippen LogP contribution in [0.5, 0.6) is 0 Å². The molecule has 1 fully saturated rings. The molecule has 18 heavy (non-hydrogen) atoms. The van der Waals surface area contributed by atoms with Gasteiger partial charge in [-0.2, -0.15) is 0 Å². The lowest BCUT2D eigenvalue weighted by molar-refractivity contribution is 0.227. The minimum atomic E-state index is 0.393. The van der Waals surface area contributed by atoms with Crippen molar-refractivity contribution >= 4 is 0 Å². The van der Waals surface area contributed by atoms with Crippen LogP contribution in [-0.2, 0) is 0 Å². The summed E-state index contributed by atoms with van der Waals surface area (Å²) in [5, 5.41) is 0. The van der Waals surface area contributed by atoms with Gasteiger partial charge in [-0.3, -0.25) is 4.90 Å². The molecule has 1 heterocycles. The fourth-order valence-electron chi connectivity index (χ4n) is 2.87. The topological polar surface area (TPSA) is 3.24 Å². The van der Waals surface area contributed by atoms with Crippen molar-refractivity contribution in [2.45, 2.75) is 44.6 Å². The molecule has 0 aromatic heterocycles. The molecular formula is C17H25N. The second kappa shape index (κ2) is 7.38. The fraction of sp³-hybridized carbons (Fsp3) is 0.529. The van der Waals surface area contributed by atoms with E-state index >= 15 is 0 Å². The molecular weight excluding hydrogens is 218 g/mol. The zero-order valence-electron chi connectivity index (χ0n) is 11.4. The van der Waals surface area contributed by atoms with E-state index < -0.39 is 0 Å². The van der Waals surface area contributed by atoms with E-state index in [0.717, 1.165) is 0 Å². The van der Waals surface area contributed by atoms with E-state index in [2.05, 4.69) is 47.9 Å². The summed E-state index contributed by atoms with van der Waals surface area (Å²) in [6.07, 6.45) is 10.4. The Balaban J connectivity index is 2.07. The second-order valence-electron chi connectivity index (χ2n) is 5.25. The lowest BCUT2D eigenvalue weighted by atomic mass is 10.0. The van der Waals surface area contributed by atoms with E-state index in [4.69, 9.17) is 0 Å². The summed E-state index contributed by atoms with van der Waals surface area (Å²) < 4.78 is 0. The molecule has 0 saturated carbocycles. The van der Waals surface area contributed by atoms with Gasteiger partial charge in [-0.1, -0.05) is 62.1 Å². The Kier molecular flexibility index (Phi) is 5.47. The predicted molar refractivity (Wildman–Crippen MR) is 78.7 cm³/mol. The molecule has 1 aliphatic rings. The van der Waals surface area contributed by atoms with Gasteiger partial charge in [-0.25, -0.2) is 0 Å². The van der Waals surface area contributed by atoms with Gasteiger partial charge in [0.05, 0.1) is 6.04 Å². The van der Waals surface area contributed by atoms with E-state index in [0.29, 0.717) is 6.04 Å². The van der Waals surface area contributed by atoms with Gasteiger partial charge in [0.15, 0.2) is 0 Å². The average Bonchev–Trinajstić information content (AvgIpc) is 2.55. The standard InChI is InChI=1S/C17H25N/c1-2-17(16-12-8-7-9-13-16)18-14-10-5-3-4-6-11-15-18/h2,7-9,12-13,17H,1,3-6,10-11,14-15H2. The summed E-state index contributed by atoms with van der Waals surface area (Å²) in [4.78, 5) is 2.60. The van der Waals surface area contributed by atoms with Crippen LogP contribution in [0.3, 0.4) is 0 Å². The van der Waals surface area contributed by atoms with Gasteiger partial charge in [0.2, 0.25) is 0 Å². The van der Waals surface area contributed by atoms with Crippen LogP contribution in [-0.4, -0.2) is 18.0 Å². The molecule has 1 aromatic carbocycles. The predicted octanol–water partition coefficient (Wildman–Crippen LogP) is 4.57. The van der Waals surface area contributed by atoms with Crippen molar-refractivity contribution in [3.8, 4) is 0 Å². The maximum Gasteiger partial charge on any atom is 0.0528 e. The van der Waals surface area contributed by atoms with E-state index in [-0.39, 0.29) is 0 Å². The van der Waals surface area contributed by atoms with Crippen LogP contribution < -0.4 is 0 Å². The first kappa shape index (κ1) is 13.4. The normalized spacial score (nSPS) is 20.4. The number of rotatable bonds is 3. The van der Waals surface area contributed by atoms with Crippen molar-refractivity contribution in [3.05, 3.63) is 48.6 Å². The third-order valence-electron chi connectivity index (χ3n) is 3.90. The molecule has 1 heteroatoms. The van der Waals surface area contributed by atoms with Crippen LogP contribution in [0.4, 0.5) is 0 Å². The molecule has 0 aliphatic carbocycles. The van der Waals surface area contributed by atoms with Crippen molar-refractivity contribution < 1.29 is 0 Å². The SMILES string of the molecule is C=CC(c1ccccc1)N1CCCCCCCC1. The summed E-state index contributed by atoms with van der Waals surface area (Å²) in [5.74, 6) is 0. The first-order valence-electron chi connectivity index (χ1n) is 7.33. The van der Waals surface area contributed by atoms with Gasteiger partial charge >= 0.3 is 0 Å². The van der Waals surface area contributed by atoms with Gasteiger partial charge in [-0.05, 0) is 31.5 Å². The second-order valence-corrected chi connectivity index (χ2v) is 5.25. The molecule has 0 radical (unpaired) electrons. The van der Waals surface area contributed by atoms with Gasteiger partial charge in [-0.15, -0.1) is 6.58 Å². The zero-order chi connectivity index (χ0) is 12.6. The molecule has 1 nitrogen and oxygen atoms in total. The molecule has 98 valence electrons. The monoisotopic (exact) mass is 243 g/mol. The number of hydrogen-bond donors (Lipinski definition) is 0. The first-order valence-corrected chi connectivity index (χ1v) is 7.33. The minimum Gasteiger partial charge on any atom is -0.293 e. The van der Waals surface area contributed by atoms with Crippen LogP contribution in [0.2, 0.25) is 0 Å². The Hall–Kier alpha value is -1.08. The maximum absolute atomic E-state index is 4.05. The molecule has 0 N–H and O–H groups in total.